The molecule has 176 valence electrons. The third-order valence-electron chi connectivity index (χ3n) is 5.38. The van der Waals surface area contributed by atoms with Crippen LogP contribution in [0.5, 0.6) is 11.5 Å². The summed E-state index contributed by atoms with van der Waals surface area (Å²) in [5, 5.41) is 3.02. The summed E-state index contributed by atoms with van der Waals surface area (Å²) in [6, 6.07) is 14.1. The van der Waals surface area contributed by atoms with Gasteiger partial charge in [-0.05, 0) is 43.2 Å². The number of para-hydroxylation sites is 2. The Bertz CT molecular complexity index is 1110. The van der Waals surface area contributed by atoms with Gasteiger partial charge in [-0.1, -0.05) is 51.1 Å². The average Bonchev–Trinajstić information content (AvgIpc) is 3.14. The number of hydrogen-bond donors (Lipinski definition) is 1. The molecular formula is C27H35N3O3. The van der Waals surface area contributed by atoms with E-state index in [-0.39, 0.29) is 5.91 Å². The Morgan fingerprint density at radius 2 is 1.94 bits per heavy atom. The molecule has 3 aromatic rings. The van der Waals surface area contributed by atoms with Crippen molar-refractivity contribution in [1.82, 2.24) is 14.9 Å². The number of amides is 1. The van der Waals surface area contributed by atoms with E-state index in [1.165, 1.54) is 0 Å². The third-order valence-corrected chi connectivity index (χ3v) is 5.38. The Balaban J connectivity index is 1.64. The van der Waals surface area contributed by atoms with Crippen molar-refractivity contribution in [1.29, 1.82) is 0 Å². The second-order valence-corrected chi connectivity index (χ2v) is 9.04. The van der Waals surface area contributed by atoms with Crippen LogP contribution in [0.15, 0.2) is 48.5 Å². The first-order valence-electron chi connectivity index (χ1n) is 11.5. The molecule has 0 unspecified atom stereocenters. The average molecular weight is 450 g/mol. The molecule has 1 N–H and O–H groups in total. The van der Waals surface area contributed by atoms with Crippen molar-refractivity contribution in [3.63, 3.8) is 0 Å². The van der Waals surface area contributed by atoms with E-state index in [9.17, 15) is 4.79 Å². The quantitative estimate of drug-likeness (QED) is 0.429. The molecule has 0 saturated carbocycles. The Kier molecular flexibility index (Phi) is 8.15. The number of carbonyl (C=O) groups excluding carboxylic acids is 1. The molecule has 33 heavy (non-hydrogen) atoms. The highest BCUT2D eigenvalue weighted by Gasteiger charge is 2.20. The van der Waals surface area contributed by atoms with Gasteiger partial charge in [-0.3, -0.25) is 4.79 Å². The van der Waals surface area contributed by atoms with Crippen LogP contribution in [-0.4, -0.2) is 35.7 Å². The summed E-state index contributed by atoms with van der Waals surface area (Å²) in [5.41, 5.74) is 2.75. The zero-order valence-corrected chi connectivity index (χ0v) is 20.4. The van der Waals surface area contributed by atoms with Crippen molar-refractivity contribution >= 4 is 23.0 Å². The lowest BCUT2D eigenvalue weighted by Gasteiger charge is -2.17. The van der Waals surface area contributed by atoms with Crippen LogP contribution in [0.4, 0.5) is 0 Å². The lowest BCUT2D eigenvalue weighted by molar-refractivity contribution is -0.128. The zero-order chi connectivity index (χ0) is 23.8. The van der Waals surface area contributed by atoms with Gasteiger partial charge in [0.25, 0.3) is 0 Å². The number of carbonyl (C=O) groups is 1. The molecule has 1 amide bonds. The fourth-order valence-corrected chi connectivity index (χ4v) is 3.62. The van der Waals surface area contributed by atoms with Gasteiger partial charge >= 0.3 is 0 Å². The molecule has 0 spiro atoms. The van der Waals surface area contributed by atoms with Crippen LogP contribution in [0.25, 0.3) is 17.1 Å². The molecule has 6 nitrogen and oxygen atoms in total. The van der Waals surface area contributed by atoms with Crippen molar-refractivity contribution in [3.05, 3.63) is 59.9 Å². The van der Waals surface area contributed by atoms with E-state index in [1.54, 1.807) is 7.11 Å². The number of benzene rings is 2. The summed E-state index contributed by atoms with van der Waals surface area (Å²) in [5.74, 6) is 2.49. The molecule has 0 radical (unpaired) electrons. The molecule has 0 aliphatic carbocycles. The SMILES string of the molecule is C/C=C/c1ccc(OCCCn2c(CCNC(=O)C(C)(C)C)nc3ccccc32)c(OC)c1. The fourth-order valence-electron chi connectivity index (χ4n) is 3.62. The predicted molar refractivity (Wildman–Crippen MR) is 134 cm³/mol. The first-order chi connectivity index (χ1) is 15.8. The number of nitrogens with zero attached hydrogens (tertiary/aromatic N) is 2. The van der Waals surface area contributed by atoms with Crippen molar-refractivity contribution in [3.8, 4) is 11.5 Å². The molecule has 3 rings (SSSR count). The van der Waals surface area contributed by atoms with Crippen LogP contribution < -0.4 is 14.8 Å². The van der Waals surface area contributed by atoms with Crippen molar-refractivity contribution in [2.45, 2.75) is 47.1 Å². The van der Waals surface area contributed by atoms with E-state index in [2.05, 4.69) is 16.0 Å². The Labute approximate surface area is 196 Å². The van der Waals surface area contributed by atoms with Gasteiger partial charge in [0.1, 0.15) is 5.82 Å². The summed E-state index contributed by atoms with van der Waals surface area (Å²) in [6.07, 6.45) is 5.53. The second kappa shape index (κ2) is 11.0. The summed E-state index contributed by atoms with van der Waals surface area (Å²) in [4.78, 5) is 17.0. The Morgan fingerprint density at radius 3 is 2.67 bits per heavy atom. The lowest BCUT2D eigenvalue weighted by atomic mass is 9.96. The summed E-state index contributed by atoms with van der Waals surface area (Å²) in [6.45, 7) is 9.64. The minimum absolute atomic E-state index is 0.0490. The topological polar surface area (TPSA) is 65.4 Å². The molecule has 6 heteroatoms. The van der Waals surface area contributed by atoms with E-state index >= 15 is 0 Å². The standard InChI is InChI=1S/C27H35N3O3/c1-6-10-20-13-14-23(24(19-20)32-5)33-18-9-17-30-22-12-8-7-11-21(22)29-25(30)15-16-28-26(31)27(2,3)4/h6-8,10-14,19H,9,15-18H2,1-5H3,(H,28,31)/b10-6+. The first-order valence-corrected chi connectivity index (χ1v) is 11.5. The minimum Gasteiger partial charge on any atom is -0.493 e. The number of imidazole rings is 1. The van der Waals surface area contributed by atoms with E-state index < -0.39 is 5.41 Å². The summed E-state index contributed by atoms with van der Waals surface area (Å²) in [7, 11) is 1.66. The molecular weight excluding hydrogens is 414 g/mol. The number of hydrogen-bond acceptors (Lipinski definition) is 4. The normalized spacial score (nSPS) is 11.8. The van der Waals surface area contributed by atoms with Crippen LogP contribution >= 0.6 is 0 Å². The van der Waals surface area contributed by atoms with Gasteiger partial charge in [-0.25, -0.2) is 4.98 Å². The molecule has 0 aliphatic rings. The van der Waals surface area contributed by atoms with E-state index in [0.717, 1.165) is 46.9 Å². The monoisotopic (exact) mass is 449 g/mol. The highest BCUT2D eigenvalue weighted by Crippen LogP contribution is 2.29. The Morgan fingerprint density at radius 1 is 1.15 bits per heavy atom. The van der Waals surface area contributed by atoms with Crippen LogP contribution in [0.2, 0.25) is 0 Å². The van der Waals surface area contributed by atoms with Crippen molar-refractivity contribution in [2.24, 2.45) is 5.41 Å². The smallest absolute Gasteiger partial charge is 0.225 e. The van der Waals surface area contributed by atoms with Crippen LogP contribution in [0.3, 0.4) is 0 Å². The fraction of sp³-hybridized carbons (Fsp3) is 0.407. The lowest BCUT2D eigenvalue weighted by Crippen LogP contribution is -2.36. The maximum Gasteiger partial charge on any atom is 0.225 e. The first kappa shape index (κ1) is 24.4. The molecule has 0 fully saturated rings. The van der Waals surface area contributed by atoms with Crippen molar-refractivity contribution < 1.29 is 14.3 Å². The molecule has 0 bridgehead atoms. The Hall–Kier alpha value is -3.28. The van der Waals surface area contributed by atoms with Gasteiger partial charge in [-0.15, -0.1) is 0 Å². The van der Waals surface area contributed by atoms with Gasteiger partial charge in [0.05, 0.1) is 24.8 Å². The zero-order valence-electron chi connectivity index (χ0n) is 20.4. The highest BCUT2D eigenvalue weighted by molar-refractivity contribution is 5.81. The van der Waals surface area contributed by atoms with Gasteiger partial charge in [0.15, 0.2) is 11.5 Å². The van der Waals surface area contributed by atoms with Gasteiger partial charge < -0.3 is 19.4 Å². The van der Waals surface area contributed by atoms with Crippen LogP contribution in [0.1, 0.15) is 45.5 Å². The largest absolute Gasteiger partial charge is 0.493 e. The maximum atomic E-state index is 12.2. The molecule has 0 saturated heterocycles. The second-order valence-electron chi connectivity index (χ2n) is 9.04. The summed E-state index contributed by atoms with van der Waals surface area (Å²) >= 11 is 0. The number of allylic oxidation sites excluding steroid dienone is 1. The summed E-state index contributed by atoms with van der Waals surface area (Å²) < 4.78 is 13.7. The minimum atomic E-state index is -0.399. The molecule has 2 aromatic carbocycles. The number of fused-ring (bicyclic) bond motifs is 1. The van der Waals surface area contributed by atoms with E-state index in [4.69, 9.17) is 14.5 Å². The van der Waals surface area contributed by atoms with Gasteiger partial charge in [0.2, 0.25) is 5.91 Å². The van der Waals surface area contributed by atoms with Crippen LogP contribution in [0, 0.1) is 5.41 Å². The van der Waals surface area contributed by atoms with Gasteiger partial charge in [0, 0.05) is 24.9 Å². The number of nitrogens with one attached hydrogen (secondary N) is 1. The number of rotatable bonds is 10. The number of ether oxygens (including phenoxy) is 2. The van der Waals surface area contributed by atoms with Crippen LogP contribution in [-0.2, 0) is 17.8 Å². The third kappa shape index (κ3) is 6.37. The maximum absolute atomic E-state index is 12.2. The molecule has 0 atom stereocenters. The highest BCUT2D eigenvalue weighted by atomic mass is 16.5. The molecule has 1 heterocycles. The van der Waals surface area contributed by atoms with Gasteiger partial charge in [-0.2, -0.15) is 0 Å². The number of aromatic nitrogens is 2. The van der Waals surface area contributed by atoms with E-state index in [0.29, 0.717) is 19.6 Å². The van der Waals surface area contributed by atoms with E-state index in [1.807, 2.05) is 76.2 Å². The predicted octanol–water partition coefficient (Wildman–Crippen LogP) is 5.25. The van der Waals surface area contributed by atoms with Crippen molar-refractivity contribution in [2.75, 3.05) is 20.3 Å². The molecule has 1 aromatic heterocycles. The molecule has 0 aliphatic heterocycles. The number of methoxy groups -OCH3 is 1. The number of aryl methyl sites for hydroxylation is 1.